The van der Waals surface area contributed by atoms with Crippen molar-refractivity contribution in [3.63, 3.8) is 0 Å². The molecule has 3 heterocycles. The molecule has 0 saturated carbocycles. The summed E-state index contributed by atoms with van der Waals surface area (Å²) in [5.41, 5.74) is 0. The fraction of sp³-hybridized carbons (Fsp3) is 0.706. The first-order chi connectivity index (χ1) is 12.5. The van der Waals surface area contributed by atoms with Crippen LogP contribution in [0.1, 0.15) is 19.3 Å². The van der Waals surface area contributed by atoms with Gasteiger partial charge in [-0.05, 0) is 42.7 Å². The van der Waals surface area contributed by atoms with E-state index >= 15 is 0 Å². The van der Waals surface area contributed by atoms with Crippen LogP contribution in [0.4, 0.5) is 5.00 Å². The standard InChI is InChI=1S/C17H29N5O2S2/c1-18-17(19-12-14-5-10-22(13-14)26(2,23)24)20-15-6-8-21(9-7-15)16-4-3-11-25-16/h3-4,11,14-15H,5-10,12-13H2,1-2H3,(H2,18,19,20). The molecule has 1 unspecified atom stereocenters. The van der Waals surface area contributed by atoms with Crippen molar-refractivity contribution in [1.82, 2.24) is 14.9 Å². The van der Waals surface area contributed by atoms with E-state index in [9.17, 15) is 8.42 Å². The summed E-state index contributed by atoms with van der Waals surface area (Å²) in [7, 11) is -1.29. The predicted octanol–water partition coefficient (Wildman–Crippen LogP) is 1.16. The fourth-order valence-corrected chi connectivity index (χ4v) is 5.29. The van der Waals surface area contributed by atoms with E-state index in [2.05, 4.69) is 38.0 Å². The number of guanidine groups is 1. The van der Waals surface area contributed by atoms with Crippen molar-refractivity contribution in [3.05, 3.63) is 17.5 Å². The SMILES string of the molecule is CN=C(NCC1CCN(S(C)(=O)=O)C1)NC1CCN(c2cccs2)CC1. The van der Waals surface area contributed by atoms with E-state index in [1.54, 1.807) is 22.7 Å². The van der Waals surface area contributed by atoms with Crippen LogP contribution in [0.3, 0.4) is 0 Å². The van der Waals surface area contributed by atoms with Gasteiger partial charge in [0.2, 0.25) is 10.0 Å². The summed E-state index contributed by atoms with van der Waals surface area (Å²) in [6.07, 6.45) is 4.36. The first-order valence-corrected chi connectivity index (χ1v) is 11.9. The molecule has 146 valence electrons. The summed E-state index contributed by atoms with van der Waals surface area (Å²) in [4.78, 5) is 6.77. The molecule has 1 atom stereocenters. The molecule has 7 nitrogen and oxygen atoms in total. The minimum Gasteiger partial charge on any atom is -0.363 e. The second kappa shape index (κ2) is 8.58. The van der Waals surface area contributed by atoms with Gasteiger partial charge in [0.1, 0.15) is 0 Å². The van der Waals surface area contributed by atoms with Crippen LogP contribution < -0.4 is 15.5 Å². The average molecular weight is 400 g/mol. The number of hydrogen-bond donors (Lipinski definition) is 2. The maximum absolute atomic E-state index is 11.6. The zero-order valence-corrected chi connectivity index (χ0v) is 17.2. The van der Waals surface area contributed by atoms with Gasteiger partial charge in [0, 0.05) is 45.8 Å². The average Bonchev–Trinajstić information content (AvgIpc) is 3.30. The molecule has 1 aromatic rings. The second-order valence-corrected chi connectivity index (χ2v) is 9.99. The summed E-state index contributed by atoms with van der Waals surface area (Å²) in [5.74, 6) is 1.15. The molecule has 2 fully saturated rings. The Bertz CT molecular complexity index is 697. The quantitative estimate of drug-likeness (QED) is 0.574. The molecule has 0 aliphatic carbocycles. The van der Waals surface area contributed by atoms with Crippen molar-refractivity contribution < 1.29 is 8.42 Å². The number of thiophene rings is 1. The molecule has 2 aliphatic rings. The lowest BCUT2D eigenvalue weighted by Gasteiger charge is -2.33. The summed E-state index contributed by atoms with van der Waals surface area (Å²) < 4.78 is 24.8. The highest BCUT2D eigenvalue weighted by molar-refractivity contribution is 7.88. The number of aliphatic imine (C=N–C) groups is 1. The molecule has 3 rings (SSSR count). The molecule has 9 heteroatoms. The summed E-state index contributed by atoms with van der Waals surface area (Å²) in [6, 6.07) is 4.71. The maximum atomic E-state index is 11.6. The number of rotatable bonds is 5. The van der Waals surface area contributed by atoms with E-state index in [1.807, 2.05) is 0 Å². The number of hydrogen-bond acceptors (Lipinski definition) is 5. The second-order valence-electron chi connectivity index (χ2n) is 7.09. The van der Waals surface area contributed by atoms with E-state index in [4.69, 9.17) is 0 Å². The van der Waals surface area contributed by atoms with Gasteiger partial charge >= 0.3 is 0 Å². The molecule has 2 saturated heterocycles. The third-order valence-electron chi connectivity index (χ3n) is 5.15. The van der Waals surface area contributed by atoms with Crippen molar-refractivity contribution in [3.8, 4) is 0 Å². The normalized spacial score (nSPS) is 23.4. The number of piperidine rings is 1. The van der Waals surface area contributed by atoms with Gasteiger partial charge in [-0.1, -0.05) is 0 Å². The predicted molar refractivity (Wildman–Crippen MR) is 109 cm³/mol. The van der Waals surface area contributed by atoms with Gasteiger partial charge in [-0.15, -0.1) is 11.3 Å². The smallest absolute Gasteiger partial charge is 0.211 e. The van der Waals surface area contributed by atoms with Gasteiger partial charge in [0.15, 0.2) is 5.96 Å². The number of anilines is 1. The Labute approximate surface area is 160 Å². The van der Waals surface area contributed by atoms with Gasteiger partial charge in [-0.3, -0.25) is 4.99 Å². The molecule has 0 spiro atoms. The van der Waals surface area contributed by atoms with E-state index in [0.29, 0.717) is 25.0 Å². The molecule has 0 radical (unpaired) electrons. The Balaban J connectivity index is 1.40. The van der Waals surface area contributed by atoms with Gasteiger partial charge < -0.3 is 15.5 Å². The van der Waals surface area contributed by atoms with Crippen molar-refractivity contribution in [2.75, 3.05) is 50.9 Å². The van der Waals surface area contributed by atoms with Crippen LogP contribution in [-0.2, 0) is 10.0 Å². The first-order valence-electron chi connectivity index (χ1n) is 9.16. The van der Waals surface area contributed by atoms with Crippen LogP contribution in [0.2, 0.25) is 0 Å². The Morgan fingerprint density at radius 2 is 2.08 bits per heavy atom. The van der Waals surface area contributed by atoms with Gasteiger partial charge in [-0.2, -0.15) is 0 Å². The van der Waals surface area contributed by atoms with E-state index in [0.717, 1.165) is 44.9 Å². The molecule has 2 N–H and O–H groups in total. The molecule has 0 aromatic carbocycles. The maximum Gasteiger partial charge on any atom is 0.211 e. The minimum atomic E-state index is -3.07. The Morgan fingerprint density at radius 3 is 2.65 bits per heavy atom. The van der Waals surface area contributed by atoms with Gasteiger partial charge in [0.25, 0.3) is 0 Å². The lowest BCUT2D eigenvalue weighted by Crippen LogP contribution is -2.49. The van der Waals surface area contributed by atoms with Crippen LogP contribution in [0, 0.1) is 5.92 Å². The third kappa shape index (κ3) is 5.11. The molecule has 2 aliphatic heterocycles. The zero-order valence-electron chi connectivity index (χ0n) is 15.5. The largest absolute Gasteiger partial charge is 0.363 e. The highest BCUT2D eigenvalue weighted by Gasteiger charge is 2.28. The minimum absolute atomic E-state index is 0.337. The lowest BCUT2D eigenvalue weighted by molar-refractivity contribution is 0.449. The molecule has 0 bridgehead atoms. The number of nitrogens with zero attached hydrogens (tertiary/aromatic N) is 3. The Hall–Kier alpha value is -1.32. The van der Waals surface area contributed by atoms with Crippen molar-refractivity contribution >= 4 is 32.3 Å². The van der Waals surface area contributed by atoms with Crippen LogP contribution in [0.25, 0.3) is 0 Å². The lowest BCUT2D eigenvalue weighted by atomic mass is 10.1. The summed E-state index contributed by atoms with van der Waals surface area (Å²) in [6.45, 7) is 4.09. The molecule has 26 heavy (non-hydrogen) atoms. The van der Waals surface area contributed by atoms with Crippen LogP contribution in [0.15, 0.2) is 22.5 Å². The highest BCUT2D eigenvalue weighted by atomic mass is 32.2. The third-order valence-corrected chi connectivity index (χ3v) is 7.35. The fourth-order valence-electron chi connectivity index (χ4n) is 3.59. The molecular weight excluding hydrogens is 370 g/mol. The number of nitrogens with one attached hydrogen (secondary N) is 2. The van der Waals surface area contributed by atoms with Crippen LogP contribution in [0.5, 0.6) is 0 Å². The molecule has 1 aromatic heterocycles. The molecule has 0 amide bonds. The zero-order chi connectivity index (χ0) is 18.6. The van der Waals surface area contributed by atoms with Crippen molar-refractivity contribution in [2.24, 2.45) is 10.9 Å². The molecular formula is C17H29N5O2S2. The first kappa shape index (κ1) is 19.4. The Morgan fingerprint density at radius 1 is 1.31 bits per heavy atom. The van der Waals surface area contributed by atoms with Crippen molar-refractivity contribution in [2.45, 2.75) is 25.3 Å². The topological polar surface area (TPSA) is 77.0 Å². The van der Waals surface area contributed by atoms with E-state index < -0.39 is 10.0 Å². The number of sulfonamides is 1. The van der Waals surface area contributed by atoms with Gasteiger partial charge in [0.05, 0.1) is 11.3 Å². The van der Waals surface area contributed by atoms with E-state index in [1.165, 1.54) is 11.3 Å². The summed E-state index contributed by atoms with van der Waals surface area (Å²) >= 11 is 1.80. The van der Waals surface area contributed by atoms with Crippen molar-refractivity contribution in [1.29, 1.82) is 0 Å². The Kier molecular flexibility index (Phi) is 6.42. The van der Waals surface area contributed by atoms with Gasteiger partial charge in [-0.25, -0.2) is 12.7 Å². The summed E-state index contributed by atoms with van der Waals surface area (Å²) in [5, 5.41) is 10.4. The van der Waals surface area contributed by atoms with E-state index in [-0.39, 0.29) is 0 Å². The van der Waals surface area contributed by atoms with Crippen LogP contribution >= 0.6 is 11.3 Å². The highest BCUT2D eigenvalue weighted by Crippen LogP contribution is 2.24. The monoisotopic (exact) mass is 399 g/mol. The van der Waals surface area contributed by atoms with Crippen LogP contribution in [-0.4, -0.2) is 70.8 Å².